The van der Waals surface area contributed by atoms with E-state index in [4.69, 9.17) is 0 Å². The van der Waals surface area contributed by atoms with Gasteiger partial charge in [0.2, 0.25) is 5.91 Å². The van der Waals surface area contributed by atoms with Crippen molar-refractivity contribution in [2.45, 2.75) is 58.2 Å². The quantitative estimate of drug-likeness (QED) is 0.479. The van der Waals surface area contributed by atoms with Gasteiger partial charge in [-0.25, -0.2) is 0 Å². The number of nitrogens with zero attached hydrogens (tertiary/aromatic N) is 3. The number of carbonyl (C=O) groups excluding carboxylic acids is 1. The lowest BCUT2D eigenvalue weighted by Crippen LogP contribution is -2.45. The van der Waals surface area contributed by atoms with E-state index >= 15 is 0 Å². The van der Waals surface area contributed by atoms with Gasteiger partial charge < -0.3 is 15.1 Å². The maximum absolute atomic E-state index is 12.7. The molecule has 186 valence electrons. The predicted octanol–water partition coefficient (Wildman–Crippen LogP) is 5.68. The molecule has 0 aliphatic carbocycles. The Labute approximate surface area is 200 Å². The minimum atomic E-state index is -4.36. The number of aromatic nitrogens is 1. The summed E-state index contributed by atoms with van der Waals surface area (Å²) in [7, 11) is 0. The molecule has 1 amide bonds. The molecule has 1 aromatic carbocycles. The van der Waals surface area contributed by atoms with E-state index in [1.54, 1.807) is 12.1 Å². The van der Waals surface area contributed by atoms with Crippen LogP contribution in [0.1, 0.15) is 51.5 Å². The number of nitrogens with one attached hydrogen (secondary N) is 1. The molecule has 1 aromatic heterocycles. The normalized spacial score (nSPS) is 15.6. The highest BCUT2D eigenvalue weighted by Gasteiger charge is 2.30. The number of anilines is 1. The van der Waals surface area contributed by atoms with Gasteiger partial charge in [-0.1, -0.05) is 26.0 Å². The first kappa shape index (κ1) is 26.2. The van der Waals surface area contributed by atoms with E-state index in [9.17, 15) is 18.0 Å². The van der Waals surface area contributed by atoms with Gasteiger partial charge in [0.1, 0.15) is 0 Å². The van der Waals surface area contributed by atoms with E-state index in [-0.39, 0.29) is 5.91 Å². The second kappa shape index (κ2) is 12.3. The third-order valence-corrected chi connectivity index (χ3v) is 6.42. The standard InChI is InChI=1S/C26H35F3N4O/c1-3-15-33(4-2)23-13-17-32(18-14-23)16-5-6-25(34)31-22-11-12-24(30-19-22)20-7-9-21(10-8-20)26(27,28)29/h7-12,19,23H,3-6,13-18H2,1-2H3,(H,31,34). The molecule has 1 saturated heterocycles. The Hall–Kier alpha value is -2.45. The molecule has 0 atom stereocenters. The Morgan fingerprint density at radius 3 is 2.38 bits per heavy atom. The summed E-state index contributed by atoms with van der Waals surface area (Å²) < 4.78 is 38.1. The maximum Gasteiger partial charge on any atom is 0.416 e. The van der Waals surface area contributed by atoms with Crippen LogP contribution in [0.3, 0.4) is 0 Å². The van der Waals surface area contributed by atoms with E-state index in [0.717, 1.165) is 44.7 Å². The fourth-order valence-corrected chi connectivity index (χ4v) is 4.55. The molecule has 3 rings (SSSR count). The summed E-state index contributed by atoms with van der Waals surface area (Å²) in [6, 6.07) is 8.98. The fourth-order valence-electron chi connectivity index (χ4n) is 4.55. The first-order chi connectivity index (χ1) is 16.3. The lowest BCUT2D eigenvalue weighted by Gasteiger charge is -2.38. The molecule has 5 nitrogen and oxygen atoms in total. The summed E-state index contributed by atoms with van der Waals surface area (Å²) in [6.45, 7) is 9.83. The monoisotopic (exact) mass is 476 g/mol. The Morgan fingerprint density at radius 2 is 1.82 bits per heavy atom. The average molecular weight is 477 g/mol. The van der Waals surface area contributed by atoms with Crippen LogP contribution in [0.5, 0.6) is 0 Å². The van der Waals surface area contributed by atoms with Gasteiger partial charge in [0, 0.05) is 18.0 Å². The summed E-state index contributed by atoms with van der Waals surface area (Å²) in [6.07, 6.45) is 1.99. The number of amides is 1. The van der Waals surface area contributed by atoms with E-state index in [1.807, 2.05) is 0 Å². The number of hydrogen-bond donors (Lipinski definition) is 1. The zero-order valence-electron chi connectivity index (χ0n) is 20.1. The van der Waals surface area contributed by atoms with E-state index in [0.29, 0.717) is 29.4 Å². The number of carbonyl (C=O) groups is 1. The molecule has 1 N–H and O–H groups in total. The minimum Gasteiger partial charge on any atom is -0.325 e. The summed E-state index contributed by atoms with van der Waals surface area (Å²) in [4.78, 5) is 21.6. The van der Waals surface area contributed by atoms with Crippen LogP contribution >= 0.6 is 0 Å². The third kappa shape index (κ3) is 7.53. The van der Waals surface area contributed by atoms with Crippen LogP contribution < -0.4 is 5.32 Å². The summed E-state index contributed by atoms with van der Waals surface area (Å²) in [5.74, 6) is -0.0564. The largest absolute Gasteiger partial charge is 0.416 e. The first-order valence-electron chi connectivity index (χ1n) is 12.2. The van der Waals surface area contributed by atoms with Crippen molar-refractivity contribution in [3.63, 3.8) is 0 Å². The minimum absolute atomic E-state index is 0.0564. The highest BCUT2D eigenvalue weighted by molar-refractivity contribution is 5.90. The fraction of sp³-hybridized carbons (Fsp3) is 0.538. The molecule has 0 radical (unpaired) electrons. The molecule has 0 saturated carbocycles. The van der Waals surface area contributed by atoms with Crippen molar-refractivity contribution < 1.29 is 18.0 Å². The highest BCUT2D eigenvalue weighted by atomic mass is 19.4. The summed E-state index contributed by atoms with van der Waals surface area (Å²) >= 11 is 0. The van der Waals surface area contributed by atoms with E-state index in [2.05, 4.69) is 33.9 Å². The van der Waals surface area contributed by atoms with Crippen molar-refractivity contribution in [2.24, 2.45) is 0 Å². The van der Waals surface area contributed by atoms with Crippen LogP contribution in [0, 0.1) is 0 Å². The van der Waals surface area contributed by atoms with Gasteiger partial charge >= 0.3 is 6.18 Å². The number of rotatable bonds is 10. The zero-order chi connectivity index (χ0) is 24.6. The molecule has 2 aromatic rings. The van der Waals surface area contributed by atoms with Crippen LogP contribution in [0.15, 0.2) is 42.6 Å². The van der Waals surface area contributed by atoms with Gasteiger partial charge in [-0.15, -0.1) is 0 Å². The van der Waals surface area contributed by atoms with Crippen LogP contribution in [-0.2, 0) is 11.0 Å². The lowest BCUT2D eigenvalue weighted by molar-refractivity contribution is -0.137. The van der Waals surface area contributed by atoms with Crippen LogP contribution in [-0.4, -0.2) is 59.5 Å². The topological polar surface area (TPSA) is 48.5 Å². The van der Waals surface area contributed by atoms with Gasteiger partial charge in [0.15, 0.2) is 0 Å². The molecule has 1 aliphatic heterocycles. The van der Waals surface area contributed by atoms with Gasteiger partial charge in [-0.2, -0.15) is 13.2 Å². The van der Waals surface area contributed by atoms with E-state index in [1.165, 1.54) is 44.1 Å². The molecule has 1 fully saturated rings. The SMILES string of the molecule is CCCN(CC)C1CCN(CCCC(=O)Nc2ccc(-c3ccc(C(F)(F)F)cc3)nc2)CC1. The molecular weight excluding hydrogens is 441 g/mol. The van der Waals surface area contributed by atoms with Crippen molar-refractivity contribution in [3.05, 3.63) is 48.2 Å². The predicted molar refractivity (Wildman–Crippen MR) is 130 cm³/mol. The Balaban J connectivity index is 1.39. The number of halogens is 3. The van der Waals surface area contributed by atoms with Gasteiger partial charge in [-0.3, -0.25) is 9.78 Å². The van der Waals surface area contributed by atoms with Crippen molar-refractivity contribution in [2.75, 3.05) is 38.0 Å². The average Bonchev–Trinajstić information content (AvgIpc) is 2.83. The van der Waals surface area contributed by atoms with Crippen LogP contribution in [0.2, 0.25) is 0 Å². The first-order valence-corrected chi connectivity index (χ1v) is 12.2. The molecule has 2 heterocycles. The molecular formula is C26H35F3N4O. The molecule has 0 bridgehead atoms. The maximum atomic E-state index is 12.7. The smallest absolute Gasteiger partial charge is 0.325 e. The summed E-state index contributed by atoms with van der Waals surface area (Å²) in [5, 5.41) is 2.86. The number of alkyl halides is 3. The summed E-state index contributed by atoms with van der Waals surface area (Å²) in [5.41, 5.74) is 1.03. The second-order valence-corrected chi connectivity index (χ2v) is 8.86. The third-order valence-electron chi connectivity index (χ3n) is 6.42. The lowest BCUT2D eigenvalue weighted by atomic mass is 10.0. The number of likely N-dealkylation sites (tertiary alicyclic amines) is 1. The number of benzene rings is 1. The number of pyridine rings is 1. The number of piperidine rings is 1. The van der Waals surface area contributed by atoms with Crippen LogP contribution in [0.25, 0.3) is 11.3 Å². The van der Waals surface area contributed by atoms with Gasteiger partial charge in [0.05, 0.1) is 23.1 Å². The van der Waals surface area contributed by atoms with Crippen molar-refractivity contribution >= 4 is 11.6 Å². The molecule has 1 aliphatic rings. The number of hydrogen-bond acceptors (Lipinski definition) is 4. The van der Waals surface area contributed by atoms with Crippen molar-refractivity contribution in [1.82, 2.24) is 14.8 Å². The zero-order valence-corrected chi connectivity index (χ0v) is 20.1. The van der Waals surface area contributed by atoms with Crippen molar-refractivity contribution in [3.8, 4) is 11.3 Å². The van der Waals surface area contributed by atoms with Gasteiger partial charge in [0.25, 0.3) is 0 Å². The molecule has 0 spiro atoms. The Morgan fingerprint density at radius 1 is 1.12 bits per heavy atom. The molecule has 8 heteroatoms. The van der Waals surface area contributed by atoms with Crippen molar-refractivity contribution in [1.29, 1.82) is 0 Å². The van der Waals surface area contributed by atoms with Gasteiger partial charge in [-0.05, 0) is 82.7 Å². The Bertz CT molecular complexity index is 892. The van der Waals surface area contributed by atoms with Crippen LogP contribution in [0.4, 0.5) is 18.9 Å². The second-order valence-electron chi connectivity index (χ2n) is 8.86. The Kier molecular flexibility index (Phi) is 9.47. The highest BCUT2D eigenvalue weighted by Crippen LogP contribution is 2.30. The molecule has 34 heavy (non-hydrogen) atoms. The van der Waals surface area contributed by atoms with E-state index < -0.39 is 11.7 Å². The molecule has 0 unspecified atom stereocenters.